The number of fused-ring (bicyclic) bond motifs is 1. The highest BCUT2D eigenvalue weighted by Gasteiger charge is 2.21. The summed E-state index contributed by atoms with van der Waals surface area (Å²) in [5.74, 6) is 1.56. The molecule has 2 aromatic heterocycles. The van der Waals surface area contributed by atoms with Gasteiger partial charge in [-0.2, -0.15) is 9.97 Å². The molecule has 5 rings (SSSR count). The van der Waals surface area contributed by atoms with Gasteiger partial charge in [0, 0.05) is 39.3 Å². The largest absolute Gasteiger partial charge is 0.376 e. The lowest BCUT2D eigenvalue weighted by Crippen LogP contribution is -2.44. The Balaban J connectivity index is 1.48. The Kier molecular flexibility index (Phi) is 5.27. The smallest absolute Gasteiger partial charge is 0.229 e. The molecule has 2 aliphatic heterocycles. The summed E-state index contributed by atoms with van der Waals surface area (Å²) in [6, 6.07) is 10.4. The molecule has 0 amide bonds. The third-order valence-electron chi connectivity index (χ3n) is 5.57. The van der Waals surface area contributed by atoms with Gasteiger partial charge in [-0.25, -0.2) is 4.98 Å². The topological polar surface area (TPSA) is 80.1 Å². The third-order valence-corrected chi connectivity index (χ3v) is 5.57. The van der Waals surface area contributed by atoms with Gasteiger partial charge in [0.15, 0.2) is 17.0 Å². The van der Waals surface area contributed by atoms with Crippen molar-refractivity contribution in [1.29, 1.82) is 0 Å². The maximum absolute atomic E-state index is 5.77. The predicted octanol–water partition coefficient (Wildman–Crippen LogP) is 1.88. The molecule has 0 bridgehead atoms. The molecular weight excluding hydrogens is 366 g/mol. The number of anilines is 2. The van der Waals surface area contributed by atoms with Crippen LogP contribution in [-0.4, -0.2) is 65.0 Å². The van der Waals surface area contributed by atoms with E-state index in [1.165, 1.54) is 5.56 Å². The number of nitrogens with zero attached hydrogens (tertiary/aromatic N) is 5. The molecule has 8 heteroatoms. The molecule has 1 atom stereocenters. The second kappa shape index (κ2) is 8.34. The minimum Gasteiger partial charge on any atom is -0.376 e. The van der Waals surface area contributed by atoms with E-state index < -0.39 is 0 Å². The van der Waals surface area contributed by atoms with Crippen LogP contribution in [0.15, 0.2) is 36.7 Å². The first-order valence-corrected chi connectivity index (χ1v) is 10.4. The van der Waals surface area contributed by atoms with E-state index in [4.69, 9.17) is 14.7 Å². The zero-order valence-corrected chi connectivity index (χ0v) is 16.5. The Morgan fingerprint density at radius 1 is 1.14 bits per heavy atom. The van der Waals surface area contributed by atoms with Crippen molar-refractivity contribution in [1.82, 2.24) is 24.8 Å². The van der Waals surface area contributed by atoms with Gasteiger partial charge in [-0.15, -0.1) is 0 Å². The molecule has 3 aromatic rings. The SMILES string of the molecule is c1ccc(Cn2cnc3c(NCC4CCCO4)nc(N4CCNCC4)nc32)cc1. The van der Waals surface area contributed by atoms with Gasteiger partial charge in [0.1, 0.15) is 0 Å². The van der Waals surface area contributed by atoms with Gasteiger partial charge >= 0.3 is 0 Å². The minimum atomic E-state index is 0.244. The van der Waals surface area contributed by atoms with Crippen LogP contribution in [0.2, 0.25) is 0 Å². The maximum Gasteiger partial charge on any atom is 0.229 e. The van der Waals surface area contributed by atoms with E-state index in [9.17, 15) is 0 Å². The first-order chi connectivity index (χ1) is 14.4. The number of nitrogens with one attached hydrogen (secondary N) is 2. The summed E-state index contributed by atoms with van der Waals surface area (Å²) in [7, 11) is 0. The molecule has 29 heavy (non-hydrogen) atoms. The number of imidazole rings is 1. The number of piperazine rings is 1. The molecule has 2 N–H and O–H groups in total. The van der Waals surface area contributed by atoms with Crippen LogP contribution in [0.1, 0.15) is 18.4 Å². The monoisotopic (exact) mass is 393 g/mol. The third kappa shape index (κ3) is 4.04. The zero-order valence-electron chi connectivity index (χ0n) is 16.5. The van der Waals surface area contributed by atoms with E-state index in [0.717, 1.165) is 81.6 Å². The van der Waals surface area contributed by atoms with Gasteiger partial charge in [-0.05, 0) is 18.4 Å². The van der Waals surface area contributed by atoms with Crippen LogP contribution in [0.4, 0.5) is 11.8 Å². The lowest BCUT2D eigenvalue weighted by atomic mass is 10.2. The highest BCUT2D eigenvalue weighted by atomic mass is 16.5. The summed E-state index contributed by atoms with van der Waals surface area (Å²) in [6.45, 7) is 6.04. The molecule has 1 aromatic carbocycles. The fourth-order valence-corrected chi connectivity index (χ4v) is 3.97. The number of aromatic nitrogens is 4. The van der Waals surface area contributed by atoms with Crippen molar-refractivity contribution in [2.24, 2.45) is 0 Å². The standard InChI is InChI=1S/C21H27N7O/c1-2-5-16(6-3-1)14-28-15-24-18-19(23-13-17-7-4-12-29-17)25-21(26-20(18)28)27-10-8-22-9-11-27/h1-3,5-6,15,17,22H,4,7-14H2,(H,23,25,26). The van der Waals surface area contributed by atoms with Gasteiger partial charge < -0.3 is 24.8 Å². The second-order valence-electron chi connectivity index (χ2n) is 7.66. The average molecular weight is 393 g/mol. The van der Waals surface area contributed by atoms with E-state index in [1.807, 2.05) is 12.4 Å². The van der Waals surface area contributed by atoms with E-state index in [-0.39, 0.29) is 6.10 Å². The van der Waals surface area contributed by atoms with E-state index in [0.29, 0.717) is 0 Å². The summed E-state index contributed by atoms with van der Waals surface area (Å²) in [5.41, 5.74) is 2.91. The van der Waals surface area contributed by atoms with Crippen molar-refractivity contribution < 1.29 is 4.74 Å². The molecule has 0 saturated carbocycles. The number of hydrogen-bond donors (Lipinski definition) is 2. The first-order valence-electron chi connectivity index (χ1n) is 10.4. The molecule has 152 valence electrons. The number of hydrogen-bond acceptors (Lipinski definition) is 7. The maximum atomic E-state index is 5.77. The predicted molar refractivity (Wildman–Crippen MR) is 113 cm³/mol. The number of rotatable bonds is 6. The molecule has 0 spiro atoms. The van der Waals surface area contributed by atoms with Crippen molar-refractivity contribution in [3.63, 3.8) is 0 Å². The van der Waals surface area contributed by atoms with E-state index in [1.54, 1.807) is 0 Å². The first kappa shape index (κ1) is 18.3. The molecular formula is C21H27N7O. The highest BCUT2D eigenvalue weighted by Crippen LogP contribution is 2.24. The van der Waals surface area contributed by atoms with Crippen molar-refractivity contribution >= 4 is 22.9 Å². The molecule has 8 nitrogen and oxygen atoms in total. The van der Waals surface area contributed by atoms with E-state index >= 15 is 0 Å². The van der Waals surface area contributed by atoms with Crippen molar-refractivity contribution in [2.75, 3.05) is 49.5 Å². The fourth-order valence-electron chi connectivity index (χ4n) is 3.97. The molecule has 2 aliphatic rings. The normalized spacial score (nSPS) is 19.7. The van der Waals surface area contributed by atoms with Gasteiger partial charge in [0.05, 0.1) is 19.0 Å². The summed E-state index contributed by atoms with van der Waals surface area (Å²) >= 11 is 0. The summed E-state index contributed by atoms with van der Waals surface area (Å²) < 4.78 is 7.87. The Morgan fingerprint density at radius 3 is 2.79 bits per heavy atom. The van der Waals surface area contributed by atoms with Crippen LogP contribution in [0.3, 0.4) is 0 Å². The minimum absolute atomic E-state index is 0.244. The fraction of sp³-hybridized carbons (Fsp3) is 0.476. The van der Waals surface area contributed by atoms with Crippen LogP contribution in [0.5, 0.6) is 0 Å². The molecule has 2 saturated heterocycles. The quantitative estimate of drug-likeness (QED) is 0.662. The van der Waals surface area contributed by atoms with Crippen LogP contribution in [0.25, 0.3) is 11.2 Å². The average Bonchev–Trinajstić information content (AvgIpc) is 3.44. The molecule has 0 aliphatic carbocycles. The molecule has 0 radical (unpaired) electrons. The van der Waals surface area contributed by atoms with Crippen LogP contribution in [-0.2, 0) is 11.3 Å². The van der Waals surface area contributed by atoms with Crippen molar-refractivity contribution in [3.8, 4) is 0 Å². The Bertz CT molecular complexity index is 946. The van der Waals surface area contributed by atoms with Crippen molar-refractivity contribution in [2.45, 2.75) is 25.5 Å². The summed E-state index contributed by atoms with van der Waals surface area (Å²) in [6.07, 6.45) is 4.33. The Hall–Kier alpha value is -2.71. The van der Waals surface area contributed by atoms with Gasteiger partial charge in [-0.1, -0.05) is 30.3 Å². The number of benzene rings is 1. The Morgan fingerprint density at radius 2 is 2.00 bits per heavy atom. The van der Waals surface area contributed by atoms with Crippen LogP contribution < -0.4 is 15.5 Å². The van der Waals surface area contributed by atoms with Gasteiger partial charge in [-0.3, -0.25) is 0 Å². The van der Waals surface area contributed by atoms with Gasteiger partial charge in [0.2, 0.25) is 5.95 Å². The lowest BCUT2D eigenvalue weighted by Gasteiger charge is -2.27. The highest BCUT2D eigenvalue weighted by molar-refractivity contribution is 5.84. The van der Waals surface area contributed by atoms with Gasteiger partial charge in [0.25, 0.3) is 0 Å². The van der Waals surface area contributed by atoms with Crippen molar-refractivity contribution in [3.05, 3.63) is 42.2 Å². The molecule has 4 heterocycles. The molecule has 1 unspecified atom stereocenters. The second-order valence-corrected chi connectivity index (χ2v) is 7.66. The molecule has 2 fully saturated rings. The Labute approximate surface area is 170 Å². The number of ether oxygens (including phenoxy) is 1. The van der Waals surface area contributed by atoms with E-state index in [2.05, 4.69) is 49.4 Å². The lowest BCUT2D eigenvalue weighted by molar-refractivity contribution is 0.120. The summed E-state index contributed by atoms with van der Waals surface area (Å²) in [4.78, 5) is 16.7. The zero-order chi connectivity index (χ0) is 19.5. The van der Waals surface area contributed by atoms with Crippen LogP contribution >= 0.6 is 0 Å². The van der Waals surface area contributed by atoms with Crippen LogP contribution in [0, 0.1) is 0 Å². The summed E-state index contributed by atoms with van der Waals surface area (Å²) in [5, 5.41) is 6.88.